The second-order valence-electron chi connectivity index (χ2n) is 6.62. The van der Waals surface area contributed by atoms with Crippen molar-refractivity contribution in [3.63, 3.8) is 0 Å². The van der Waals surface area contributed by atoms with Crippen molar-refractivity contribution >= 4 is 18.3 Å². The number of benzene rings is 2. The molecule has 5 heteroatoms. The van der Waals surface area contributed by atoms with Gasteiger partial charge in [-0.3, -0.25) is 4.79 Å². The van der Waals surface area contributed by atoms with E-state index in [0.717, 1.165) is 28.0 Å². The summed E-state index contributed by atoms with van der Waals surface area (Å²) in [6, 6.07) is 12.5. The summed E-state index contributed by atoms with van der Waals surface area (Å²) >= 11 is 0. The molecule has 2 aromatic carbocycles. The summed E-state index contributed by atoms with van der Waals surface area (Å²) in [7, 11) is 1.81. The topological polar surface area (TPSA) is 55.6 Å². The van der Waals surface area contributed by atoms with Crippen LogP contribution in [0.25, 0.3) is 0 Å². The van der Waals surface area contributed by atoms with Crippen LogP contribution in [0.2, 0.25) is 0 Å². The standard InChI is InChI=1S/C21H28N2O2.ClH/c1-15-6-5-7-18(10-15)14-25-21-16(2)11-19(12-17(21)3)13-23(4)20(24)8-9-22;/h5-7,10-12H,8-9,13-14,22H2,1-4H3;1H. The third kappa shape index (κ3) is 6.04. The van der Waals surface area contributed by atoms with Gasteiger partial charge < -0.3 is 15.4 Å². The average Bonchev–Trinajstić information content (AvgIpc) is 2.54. The fraction of sp³-hybridized carbons (Fsp3) is 0.381. The third-order valence-electron chi connectivity index (χ3n) is 4.19. The van der Waals surface area contributed by atoms with Crippen molar-refractivity contribution in [1.29, 1.82) is 0 Å². The van der Waals surface area contributed by atoms with E-state index >= 15 is 0 Å². The Morgan fingerprint density at radius 3 is 2.31 bits per heavy atom. The van der Waals surface area contributed by atoms with Gasteiger partial charge in [0.05, 0.1) is 0 Å². The molecule has 0 saturated heterocycles. The van der Waals surface area contributed by atoms with Crippen LogP contribution in [-0.2, 0) is 17.9 Å². The van der Waals surface area contributed by atoms with Crippen molar-refractivity contribution in [3.8, 4) is 5.75 Å². The Hall–Kier alpha value is -2.04. The van der Waals surface area contributed by atoms with Crippen LogP contribution in [0.3, 0.4) is 0 Å². The van der Waals surface area contributed by atoms with Crippen molar-refractivity contribution in [3.05, 3.63) is 64.2 Å². The number of rotatable bonds is 7. The largest absolute Gasteiger partial charge is 0.488 e. The van der Waals surface area contributed by atoms with E-state index in [-0.39, 0.29) is 18.3 Å². The monoisotopic (exact) mass is 376 g/mol. The Morgan fingerprint density at radius 1 is 1.08 bits per heavy atom. The number of carbonyl (C=O) groups is 1. The Bertz CT molecular complexity index is 724. The minimum atomic E-state index is 0. The fourth-order valence-corrected chi connectivity index (χ4v) is 2.99. The summed E-state index contributed by atoms with van der Waals surface area (Å²) in [6.45, 7) is 7.69. The molecule has 0 aliphatic rings. The number of amides is 1. The van der Waals surface area contributed by atoms with Crippen molar-refractivity contribution in [1.82, 2.24) is 4.90 Å². The summed E-state index contributed by atoms with van der Waals surface area (Å²) in [4.78, 5) is 13.6. The molecular formula is C21H29ClN2O2. The molecule has 0 heterocycles. The summed E-state index contributed by atoms with van der Waals surface area (Å²) in [5.41, 5.74) is 11.1. The molecule has 0 aromatic heterocycles. The minimum Gasteiger partial charge on any atom is -0.488 e. The molecule has 0 bridgehead atoms. The van der Waals surface area contributed by atoms with E-state index in [1.165, 1.54) is 5.56 Å². The first-order chi connectivity index (χ1) is 11.9. The number of ether oxygens (including phenoxy) is 1. The average molecular weight is 377 g/mol. The predicted octanol–water partition coefficient (Wildman–Crippen LogP) is 3.92. The Labute approximate surface area is 162 Å². The number of hydrogen-bond acceptors (Lipinski definition) is 3. The quantitative estimate of drug-likeness (QED) is 0.796. The van der Waals surface area contributed by atoms with Gasteiger partial charge in [-0.25, -0.2) is 0 Å². The molecule has 0 aliphatic carbocycles. The molecule has 4 nitrogen and oxygen atoms in total. The molecule has 2 rings (SSSR count). The van der Waals surface area contributed by atoms with E-state index in [1.807, 2.05) is 27.0 Å². The van der Waals surface area contributed by atoms with Crippen LogP contribution < -0.4 is 10.5 Å². The zero-order valence-corrected chi connectivity index (χ0v) is 16.9. The van der Waals surface area contributed by atoms with Gasteiger partial charge in [0, 0.05) is 26.6 Å². The highest BCUT2D eigenvalue weighted by Gasteiger charge is 2.11. The maximum atomic E-state index is 11.9. The number of nitrogens with two attached hydrogens (primary N) is 1. The molecular weight excluding hydrogens is 348 g/mol. The lowest BCUT2D eigenvalue weighted by molar-refractivity contribution is -0.130. The summed E-state index contributed by atoms with van der Waals surface area (Å²) in [5.74, 6) is 0.985. The van der Waals surface area contributed by atoms with E-state index in [9.17, 15) is 4.79 Å². The van der Waals surface area contributed by atoms with E-state index < -0.39 is 0 Å². The van der Waals surface area contributed by atoms with Crippen molar-refractivity contribution in [2.24, 2.45) is 5.73 Å². The molecule has 1 amide bonds. The van der Waals surface area contributed by atoms with Gasteiger partial charge in [-0.05, 0) is 43.0 Å². The molecule has 0 saturated carbocycles. The normalized spacial score (nSPS) is 10.2. The van der Waals surface area contributed by atoms with Crippen LogP contribution in [-0.4, -0.2) is 24.4 Å². The molecule has 0 radical (unpaired) electrons. The van der Waals surface area contributed by atoms with Crippen LogP contribution in [0.1, 0.15) is 34.2 Å². The predicted molar refractivity (Wildman–Crippen MR) is 109 cm³/mol. The van der Waals surface area contributed by atoms with Crippen molar-refractivity contribution < 1.29 is 9.53 Å². The minimum absolute atomic E-state index is 0. The smallest absolute Gasteiger partial charge is 0.223 e. The lowest BCUT2D eigenvalue weighted by Crippen LogP contribution is -2.28. The molecule has 142 valence electrons. The van der Waals surface area contributed by atoms with E-state index in [4.69, 9.17) is 10.5 Å². The van der Waals surface area contributed by atoms with Crippen LogP contribution >= 0.6 is 12.4 Å². The van der Waals surface area contributed by atoms with Gasteiger partial charge in [0.2, 0.25) is 5.91 Å². The first-order valence-electron chi connectivity index (χ1n) is 8.63. The molecule has 26 heavy (non-hydrogen) atoms. The highest BCUT2D eigenvalue weighted by Crippen LogP contribution is 2.26. The number of hydrogen-bond donors (Lipinski definition) is 1. The molecule has 0 aliphatic heterocycles. The number of aryl methyl sites for hydroxylation is 3. The summed E-state index contributed by atoms with van der Waals surface area (Å²) in [5, 5.41) is 0. The number of carbonyl (C=O) groups excluding carboxylic acids is 1. The first-order valence-corrected chi connectivity index (χ1v) is 8.63. The molecule has 0 spiro atoms. The highest BCUT2D eigenvalue weighted by molar-refractivity contribution is 5.85. The third-order valence-corrected chi connectivity index (χ3v) is 4.19. The lowest BCUT2D eigenvalue weighted by atomic mass is 10.0. The van der Waals surface area contributed by atoms with Crippen LogP contribution in [0.5, 0.6) is 5.75 Å². The second-order valence-corrected chi connectivity index (χ2v) is 6.62. The first kappa shape index (κ1) is 22.0. The highest BCUT2D eigenvalue weighted by atomic mass is 35.5. The maximum absolute atomic E-state index is 11.9. The number of halogens is 1. The molecule has 2 aromatic rings. The number of nitrogens with zero attached hydrogens (tertiary/aromatic N) is 1. The zero-order valence-electron chi connectivity index (χ0n) is 16.0. The zero-order chi connectivity index (χ0) is 18.4. The van der Waals surface area contributed by atoms with Crippen LogP contribution in [0, 0.1) is 20.8 Å². The molecule has 2 N–H and O–H groups in total. The van der Waals surface area contributed by atoms with E-state index in [1.54, 1.807) is 4.90 Å². The van der Waals surface area contributed by atoms with Gasteiger partial charge in [-0.1, -0.05) is 42.0 Å². The van der Waals surface area contributed by atoms with Crippen molar-refractivity contribution in [2.45, 2.75) is 40.3 Å². The van der Waals surface area contributed by atoms with E-state index in [0.29, 0.717) is 26.1 Å². The fourth-order valence-electron chi connectivity index (χ4n) is 2.99. The van der Waals surface area contributed by atoms with Crippen LogP contribution in [0.15, 0.2) is 36.4 Å². The van der Waals surface area contributed by atoms with Gasteiger partial charge in [0.25, 0.3) is 0 Å². The maximum Gasteiger partial charge on any atom is 0.223 e. The van der Waals surface area contributed by atoms with E-state index in [2.05, 4.69) is 37.3 Å². The second kappa shape index (κ2) is 10.2. The SMILES string of the molecule is Cc1cccc(COc2c(C)cc(CN(C)C(=O)CCN)cc2C)c1.Cl. The molecule has 0 atom stereocenters. The Kier molecular flexibility index (Phi) is 8.62. The van der Waals surface area contributed by atoms with Gasteiger partial charge >= 0.3 is 0 Å². The van der Waals surface area contributed by atoms with Gasteiger partial charge in [0.1, 0.15) is 12.4 Å². The Morgan fingerprint density at radius 2 is 1.73 bits per heavy atom. The van der Waals surface area contributed by atoms with Gasteiger partial charge in [0.15, 0.2) is 0 Å². The summed E-state index contributed by atoms with van der Waals surface area (Å²) < 4.78 is 6.06. The molecule has 0 unspecified atom stereocenters. The van der Waals surface area contributed by atoms with Crippen LogP contribution in [0.4, 0.5) is 0 Å². The lowest BCUT2D eigenvalue weighted by Gasteiger charge is -2.19. The molecule has 0 fully saturated rings. The Balaban J connectivity index is 0.00000338. The van der Waals surface area contributed by atoms with Gasteiger partial charge in [-0.2, -0.15) is 0 Å². The van der Waals surface area contributed by atoms with Gasteiger partial charge in [-0.15, -0.1) is 12.4 Å². The summed E-state index contributed by atoms with van der Waals surface area (Å²) in [6.07, 6.45) is 0.381. The van der Waals surface area contributed by atoms with Crippen molar-refractivity contribution in [2.75, 3.05) is 13.6 Å².